The highest BCUT2D eigenvalue weighted by atomic mass is 35.5. The highest BCUT2D eigenvalue weighted by Crippen LogP contribution is 2.47. The largest absolute Gasteiger partial charge is 0.465 e. The van der Waals surface area contributed by atoms with Crippen molar-refractivity contribution in [3.8, 4) is 0 Å². The Kier molecular flexibility index (Phi) is 3.53. The van der Waals surface area contributed by atoms with Gasteiger partial charge in [-0.05, 0) is 30.5 Å². The van der Waals surface area contributed by atoms with Crippen LogP contribution in [0.5, 0.6) is 0 Å². The minimum Gasteiger partial charge on any atom is -0.465 e. The van der Waals surface area contributed by atoms with Gasteiger partial charge in [-0.3, -0.25) is 0 Å². The number of hydrogen-bond donors (Lipinski definition) is 1. The predicted molar refractivity (Wildman–Crippen MR) is 73.7 cm³/mol. The Hall–Kier alpha value is -1.22. The molecule has 0 radical (unpaired) electrons. The minimum absolute atomic E-state index is 0. The van der Waals surface area contributed by atoms with E-state index >= 15 is 0 Å². The van der Waals surface area contributed by atoms with Gasteiger partial charge in [0.05, 0.1) is 12.7 Å². The SMILES string of the molecule is COC(=O)c1ccc2c(c1)NCC21CCCC1.Cl. The van der Waals surface area contributed by atoms with Crippen molar-refractivity contribution in [2.24, 2.45) is 0 Å². The predicted octanol–water partition coefficient (Wildman–Crippen LogP) is 3.13. The molecule has 18 heavy (non-hydrogen) atoms. The van der Waals surface area contributed by atoms with Crippen molar-refractivity contribution >= 4 is 24.1 Å². The third-order valence-electron chi connectivity index (χ3n) is 4.19. The maximum atomic E-state index is 11.5. The first-order valence-corrected chi connectivity index (χ1v) is 6.22. The standard InChI is InChI=1S/C14H17NO2.ClH/c1-17-13(16)10-4-5-11-12(8-10)15-9-14(11)6-2-3-7-14;/h4-5,8,15H,2-3,6-7,9H2,1H3;1H. The van der Waals surface area contributed by atoms with Gasteiger partial charge >= 0.3 is 5.97 Å². The van der Waals surface area contributed by atoms with E-state index in [1.54, 1.807) is 0 Å². The molecule has 1 spiro atoms. The molecule has 1 heterocycles. The maximum Gasteiger partial charge on any atom is 0.337 e. The molecule has 1 fully saturated rings. The second-order valence-electron chi connectivity index (χ2n) is 5.09. The summed E-state index contributed by atoms with van der Waals surface area (Å²) in [6, 6.07) is 5.92. The van der Waals surface area contributed by atoms with Crippen molar-refractivity contribution in [1.82, 2.24) is 0 Å². The van der Waals surface area contributed by atoms with E-state index in [0.717, 1.165) is 12.2 Å². The molecule has 1 aliphatic heterocycles. The number of benzene rings is 1. The normalized spacial score (nSPS) is 18.9. The molecule has 0 amide bonds. The summed E-state index contributed by atoms with van der Waals surface area (Å²) in [7, 11) is 1.42. The molecule has 0 saturated heterocycles. The van der Waals surface area contributed by atoms with E-state index in [2.05, 4.69) is 11.4 Å². The Morgan fingerprint density at radius 2 is 2.06 bits per heavy atom. The van der Waals surface area contributed by atoms with Gasteiger partial charge in [0, 0.05) is 17.6 Å². The molecular weight excluding hydrogens is 250 g/mol. The lowest BCUT2D eigenvalue weighted by molar-refractivity contribution is 0.0601. The van der Waals surface area contributed by atoms with Gasteiger partial charge in [0.15, 0.2) is 0 Å². The molecule has 0 atom stereocenters. The Bertz CT molecular complexity index is 467. The summed E-state index contributed by atoms with van der Waals surface area (Å²) in [5.74, 6) is -0.262. The fourth-order valence-corrected chi connectivity index (χ4v) is 3.26. The fourth-order valence-electron chi connectivity index (χ4n) is 3.26. The Labute approximate surface area is 113 Å². The van der Waals surface area contributed by atoms with Crippen LogP contribution >= 0.6 is 12.4 Å². The molecule has 0 bridgehead atoms. The highest BCUT2D eigenvalue weighted by molar-refractivity contribution is 5.91. The van der Waals surface area contributed by atoms with Crippen LogP contribution in [-0.4, -0.2) is 19.6 Å². The van der Waals surface area contributed by atoms with E-state index in [-0.39, 0.29) is 18.4 Å². The molecular formula is C14H18ClNO2. The maximum absolute atomic E-state index is 11.5. The molecule has 0 aromatic heterocycles. The zero-order valence-electron chi connectivity index (χ0n) is 10.5. The van der Waals surface area contributed by atoms with Crippen LogP contribution in [-0.2, 0) is 10.2 Å². The number of carbonyl (C=O) groups is 1. The lowest BCUT2D eigenvalue weighted by Crippen LogP contribution is -2.23. The number of anilines is 1. The summed E-state index contributed by atoms with van der Waals surface area (Å²) in [5.41, 5.74) is 3.48. The van der Waals surface area contributed by atoms with Gasteiger partial charge in [-0.25, -0.2) is 4.79 Å². The summed E-state index contributed by atoms with van der Waals surface area (Å²) in [5, 5.41) is 3.44. The van der Waals surface area contributed by atoms with Crippen LogP contribution in [0.15, 0.2) is 18.2 Å². The van der Waals surface area contributed by atoms with Gasteiger partial charge in [-0.1, -0.05) is 18.9 Å². The number of carbonyl (C=O) groups excluding carboxylic acids is 1. The number of methoxy groups -OCH3 is 1. The number of hydrogen-bond acceptors (Lipinski definition) is 3. The van der Waals surface area contributed by atoms with Crippen LogP contribution in [0.1, 0.15) is 41.6 Å². The molecule has 3 nitrogen and oxygen atoms in total. The first-order chi connectivity index (χ1) is 8.25. The van der Waals surface area contributed by atoms with Gasteiger partial charge in [0.25, 0.3) is 0 Å². The average Bonchev–Trinajstić information content (AvgIpc) is 2.98. The Morgan fingerprint density at radius 3 is 2.72 bits per heavy atom. The summed E-state index contributed by atoms with van der Waals surface area (Å²) >= 11 is 0. The molecule has 1 N–H and O–H groups in total. The van der Waals surface area contributed by atoms with Crippen LogP contribution < -0.4 is 5.32 Å². The second kappa shape index (κ2) is 4.81. The summed E-state index contributed by atoms with van der Waals surface area (Å²) in [6.45, 7) is 1.02. The lowest BCUT2D eigenvalue weighted by Gasteiger charge is -2.22. The third kappa shape index (κ3) is 1.87. The number of rotatable bonds is 1. The summed E-state index contributed by atoms with van der Waals surface area (Å²) < 4.78 is 4.75. The van der Waals surface area contributed by atoms with Crippen molar-refractivity contribution in [2.75, 3.05) is 19.0 Å². The van der Waals surface area contributed by atoms with Crippen LogP contribution in [0.2, 0.25) is 0 Å². The molecule has 1 aliphatic carbocycles. The summed E-state index contributed by atoms with van der Waals surface area (Å²) in [6.07, 6.45) is 5.18. The smallest absolute Gasteiger partial charge is 0.337 e. The molecule has 98 valence electrons. The van der Waals surface area contributed by atoms with Gasteiger partial charge in [-0.15, -0.1) is 12.4 Å². The monoisotopic (exact) mass is 267 g/mol. The summed E-state index contributed by atoms with van der Waals surface area (Å²) in [4.78, 5) is 11.5. The topological polar surface area (TPSA) is 38.3 Å². The van der Waals surface area contributed by atoms with Crippen LogP contribution in [0.25, 0.3) is 0 Å². The number of ether oxygens (including phenoxy) is 1. The fraction of sp³-hybridized carbons (Fsp3) is 0.500. The molecule has 0 unspecified atom stereocenters. The van der Waals surface area contributed by atoms with E-state index < -0.39 is 0 Å². The quantitative estimate of drug-likeness (QED) is 0.795. The van der Waals surface area contributed by atoms with E-state index in [0.29, 0.717) is 11.0 Å². The molecule has 1 aromatic carbocycles. The second-order valence-corrected chi connectivity index (χ2v) is 5.09. The van der Waals surface area contributed by atoms with Crippen molar-refractivity contribution in [3.05, 3.63) is 29.3 Å². The van der Waals surface area contributed by atoms with Crippen molar-refractivity contribution in [1.29, 1.82) is 0 Å². The first-order valence-electron chi connectivity index (χ1n) is 6.22. The molecule has 4 heteroatoms. The lowest BCUT2D eigenvalue weighted by atomic mass is 9.80. The highest BCUT2D eigenvalue weighted by Gasteiger charge is 2.41. The van der Waals surface area contributed by atoms with E-state index in [1.165, 1.54) is 38.4 Å². The van der Waals surface area contributed by atoms with Crippen molar-refractivity contribution in [3.63, 3.8) is 0 Å². The molecule has 3 rings (SSSR count). The Balaban J connectivity index is 0.00000120. The van der Waals surface area contributed by atoms with Crippen molar-refractivity contribution in [2.45, 2.75) is 31.1 Å². The zero-order chi connectivity index (χ0) is 11.9. The average molecular weight is 268 g/mol. The van der Waals surface area contributed by atoms with E-state index in [9.17, 15) is 4.79 Å². The van der Waals surface area contributed by atoms with E-state index in [4.69, 9.17) is 4.74 Å². The minimum atomic E-state index is -0.262. The Morgan fingerprint density at radius 1 is 1.33 bits per heavy atom. The first kappa shape index (κ1) is 13.2. The third-order valence-corrected chi connectivity index (χ3v) is 4.19. The number of fused-ring (bicyclic) bond motifs is 2. The number of esters is 1. The van der Waals surface area contributed by atoms with Crippen LogP contribution in [0, 0.1) is 0 Å². The van der Waals surface area contributed by atoms with Crippen molar-refractivity contribution < 1.29 is 9.53 Å². The van der Waals surface area contributed by atoms with Gasteiger partial charge < -0.3 is 10.1 Å². The van der Waals surface area contributed by atoms with Gasteiger partial charge in [0.1, 0.15) is 0 Å². The van der Waals surface area contributed by atoms with Crippen LogP contribution in [0.3, 0.4) is 0 Å². The molecule has 1 aromatic rings. The van der Waals surface area contributed by atoms with Gasteiger partial charge in [-0.2, -0.15) is 0 Å². The zero-order valence-corrected chi connectivity index (χ0v) is 11.3. The molecule has 1 saturated carbocycles. The van der Waals surface area contributed by atoms with E-state index in [1.807, 2.05) is 12.1 Å². The number of nitrogens with one attached hydrogen (secondary N) is 1. The van der Waals surface area contributed by atoms with Crippen LogP contribution in [0.4, 0.5) is 5.69 Å². The number of halogens is 1. The van der Waals surface area contributed by atoms with Gasteiger partial charge in [0.2, 0.25) is 0 Å². The molecule has 2 aliphatic rings.